The van der Waals surface area contributed by atoms with Crippen molar-refractivity contribution in [1.29, 1.82) is 0 Å². The van der Waals surface area contributed by atoms with Gasteiger partial charge in [-0.3, -0.25) is 19.1 Å². The van der Waals surface area contributed by atoms with Crippen molar-refractivity contribution in [2.75, 3.05) is 38.2 Å². The molecule has 0 aliphatic carbocycles. The van der Waals surface area contributed by atoms with Crippen LogP contribution in [0.3, 0.4) is 0 Å². The number of fused-ring (bicyclic) bond motifs is 1. The normalized spacial score (nSPS) is 13.9. The molecule has 228 valence electrons. The van der Waals surface area contributed by atoms with Crippen molar-refractivity contribution in [2.24, 2.45) is 0 Å². The number of nitrogens with zero attached hydrogens (tertiary/aromatic N) is 7. The second-order valence-corrected chi connectivity index (χ2v) is 10.8. The molecule has 0 atom stereocenters. The third kappa shape index (κ3) is 6.09. The summed E-state index contributed by atoms with van der Waals surface area (Å²) >= 11 is 6.57. The van der Waals surface area contributed by atoms with E-state index in [4.69, 9.17) is 16.3 Å². The highest BCUT2D eigenvalue weighted by molar-refractivity contribution is 6.34. The summed E-state index contributed by atoms with van der Waals surface area (Å²) in [6.45, 7) is 5.66. The molecule has 4 heterocycles. The number of ether oxygens (including phenoxy) is 1. The molecular formula is C29H26ClF3N8O3. The van der Waals surface area contributed by atoms with Gasteiger partial charge in [0.15, 0.2) is 11.6 Å². The van der Waals surface area contributed by atoms with E-state index >= 15 is 0 Å². The van der Waals surface area contributed by atoms with Crippen LogP contribution in [0.4, 0.5) is 24.8 Å². The van der Waals surface area contributed by atoms with Crippen LogP contribution in [-0.2, 0) is 17.8 Å². The number of aryl methyl sites for hydroxylation is 1. The summed E-state index contributed by atoms with van der Waals surface area (Å²) in [5, 5.41) is 8.43. The first-order chi connectivity index (χ1) is 21.2. The van der Waals surface area contributed by atoms with Gasteiger partial charge >= 0.3 is 11.4 Å². The zero-order valence-corrected chi connectivity index (χ0v) is 24.2. The monoisotopic (exact) mass is 626 g/mol. The summed E-state index contributed by atoms with van der Waals surface area (Å²) in [5.41, 5.74) is -0.502. The van der Waals surface area contributed by atoms with Crippen molar-refractivity contribution >= 4 is 34.1 Å². The molecule has 11 nitrogen and oxygen atoms in total. The highest BCUT2D eigenvalue weighted by atomic mass is 35.5. The van der Waals surface area contributed by atoms with Crippen LogP contribution in [-0.4, -0.2) is 66.6 Å². The SMILES string of the molecule is Cc1cncc(-n2c(=O)nc(Nc3cc4cn(CCN5CCOCC5)nc4cc3Cl)n(Cc3cc(F)c(F)cc3F)c2=O)c1. The highest BCUT2D eigenvalue weighted by Crippen LogP contribution is 2.30. The van der Waals surface area contributed by atoms with Gasteiger partial charge in [-0.1, -0.05) is 11.6 Å². The smallest absolute Gasteiger partial charge is 0.359 e. The Bertz CT molecular complexity index is 1990. The number of pyridine rings is 1. The second kappa shape index (κ2) is 12.2. The lowest BCUT2D eigenvalue weighted by atomic mass is 10.2. The number of aromatic nitrogens is 6. The number of anilines is 2. The molecule has 0 saturated carbocycles. The van der Waals surface area contributed by atoms with Crippen LogP contribution in [0.15, 0.2) is 58.5 Å². The molecule has 1 aliphatic rings. The number of benzene rings is 2. The number of hydrogen-bond acceptors (Lipinski definition) is 8. The molecule has 0 radical (unpaired) electrons. The summed E-state index contributed by atoms with van der Waals surface area (Å²) in [6, 6.07) is 5.89. The maximum atomic E-state index is 14.7. The Hall–Kier alpha value is -4.53. The van der Waals surface area contributed by atoms with Gasteiger partial charge in [0.1, 0.15) is 5.82 Å². The average Bonchev–Trinajstić information content (AvgIpc) is 3.38. The number of rotatable bonds is 8. The molecule has 1 fully saturated rings. The molecule has 2 aromatic carbocycles. The van der Waals surface area contributed by atoms with E-state index in [0.717, 1.165) is 34.2 Å². The minimum atomic E-state index is -1.38. The van der Waals surface area contributed by atoms with Gasteiger partial charge in [-0.2, -0.15) is 10.1 Å². The lowest BCUT2D eigenvalue weighted by molar-refractivity contribution is 0.0360. The van der Waals surface area contributed by atoms with Gasteiger partial charge in [0.05, 0.1) is 54.4 Å². The second-order valence-electron chi connectivity index (χ2n) is 10.4. The Kier molecular flexibility index (Phi) is 8.21. The van der Waals surface area contributed by atoms with Crippen LogP contribution < -0.4 is 16.7 Å². The van der Waals surface area contributed by atoms with Crippen LogP contribution in [0.25, 0.3) is 16.6 Å². The van der Waals surface area contributed by atoms with Gasteiger partial charge in [0.2, 0.25) is 5.95 Å². The first-order valence-corrected chi connectivity index (χ1v) is 14.1. The van der Waals surface area contributed by atoms with Gasteiger partial charge in [0, 0.05) is 49.0 Å². The molecular weight excluding hydrogens is 601 g/mol. The first-order valence-electron chi connectivity index (χ1n) is 13.7. The van der Waals surface area contributed by atoms with E-state index in [-0.39, 0.29) is 27.9 Å². The predicted octanol–water partition coefficient (Wildman–Crippen LogP) is 3.64. The minimum absolute atomic E-state index is 0.127. The van der Waals surface area contributed by atoms with Gasteiger partial charge in [0.25, 0.3) is 0 Å². The van der Waals surface area contributed by atoms with Gasteiger partial charge in [-0.25, -0.2) is 27.3 Å². The molecule has 1 aliphatic heterocycles. The highest BCUT2D eigenvalue weighted by Gasteiger charge is 2.20. The van der Waals surface area contributed by atoms with Gasteiger partial charge in [-0.15, -0.1) is 0 Å². The van der Waals surface area contributed by atoms with E-state index in [1.807, 2.05) is 6.20 Å². The lowest BCUT2D eigenvalue weighted by Crippen LogP contribution is -2.42. The van der Waals surface area contributed by atoms with Crippen molar-refractivity contribution in [3.63, 3.8) is 0 Å². The van der Waals surface area contributed by atoms with Crippen LogP contribution in [0, 0.1) is 24.4 Å². The van der Waals surface area contributed by atoms with Crippen molar-refractivity contribution in [1.82, 2.24) is 33.8 Å². The fourth-order valence-corrected chi connectivity index (χ4v) is 5.17. The van der Waals surface area contributed by atoms with E-state index in [0.29, 0.717) is 43.0 Å². The largest absolute Gasteiger partial charge is 0.379 e. The molecule has 0 amide bonds. The summed E-state index contributed by atoms with van der Waals surface area (Å²) in [4.78, 5) is 37.3. The van der Waals surface area contributed by atoms with E-state index in [2.05, 4.69) is 25.3 Å². The Morgan fingerprint density at radius 2 is 1.75 bits per heavy atom. The summed E-state index contributed by atoms with van der Waals surface area (Å²) < 4.78 is 51.3. The summed E-state index contributed by atoms with van der Waals surface area (Å²) in [5.74, 6) is -4.05. The molecule has 1 saturated heterocycles. The van der Waals surface area contributed by atoms with Crippen LogP contribution in [0.5, 0.6) is 0 Å². The van der Waals surface area contributed by atoms with Crippen molar-refractivity contribution < 1.29 is 17.9 Å². The standard InChI is InChI=1S/C29H26ClF3N8O3/c1-17-8-20(14-34-13-17)41-28(42)36-27(40(29(41)43)16-18-9-23(32)24(33)12-22(18)31)35-26-10-19-15-39(37-25(19)11-21(26)30)3-2-38-4-6-44-7-5-38/h8-15H,2-7,16H2,1H3,(H,35,36,42). The molecule has 44 heavy (non-hydrogen) atoms. The molecule has 15 heteroatoms. The predicted molar refractivity (Wildman–Crippen MR) is 157 cm³/mol. The maximum Gasteiger partial charge on any atom is 0.359 e. The van der Waals surface area contributed by atoms with Gasteiger partial charge in [-0.05, 0) is 36.8 Å². The summed E-state index contributed by atoms with van der Waals surface area (Å²) in [7, 11) is 0. The number of hydrogen-bond donors (Lipinski definition) is 1. The fraction of sp³-hybridized carbons (Fsp3) is 0.276. The van der Waals surface area contributed by atoms with E-state index in [1.165, 1.54) is 12.4 Å². The third-order valence-electron chi connectivity index (χ3n) is 7.24. The van der Waals surface area contributed by atoms with Crippen molar-refractivity contribution in [3.05, 3.63) is 103 Å². The summed E-state index contributed by atoms with van der Waals surface area (Å²) in [6.07, 6.45) is 4.68. The van der Waals surface area contributed by atoms with E-state index in [9.17, 15) is 22.8 Å². The Labute approximate surface area is 253 Å². The molecule has 3 aromatic heterocycles. The number of morpholine rings is 1. The topological polar surface area (TPSA) is 112 Å². The Morgan fingerprint density at radius 3 is 2.52 bits per heavy atom. The average molecular weight is 627 g/mol. The first kappa shape index (κ1) is 29.5. The van der Waals surface area contributed by atoms with Crippen LogP contribution in [0.1, 0.15) is 11.1 Å². The molecule has 5 aromatic rings. The Balaban J connectivity index is 1.39. The number of halogens is 4. The minimum Gasteiger partial charge on any atom is -0.379 e. The molecule has 6 rings (SSSR count). The Morgan fingerprint density at radius 1 is 0.977 bits per heavy atom. The van der Waals surface area contributed by atoms with E-state index in [1.54, 1.807) is 29.8 Å². The molecule has 0 bridgehead atoms. The van der Waals surface area contributed by atoms with Crippen LogP contribution in [0.2, 0.25) is 5.02 Å². The maximum absolute atomic E-state index is 14.7. The molecule has 0 unspecified atom stereocenters. The molecule has 0 spiro atoms. The van der Waals surface area contributed by atoms with Gasteiger partial charge < -0.3 is 10.1 Å². The van der Waals surface area contributed by atoms with Crippen molar-refractivity contribution in [3.8, 4) is 5.69 Å². The molecule has 1 N–H and O–H groups in total. The zero-order valence-electron chi connectivity index (χ0n) is 23.4. The number of nitrogens with one attached hydrogen (secondary N) is 1. The van der Waals surface area contributed by atoms with E-state index < -0.39 is 35.4 Å². The zero-order chi connectivity index (χ0) is 31.0. The quantitative estimate of drug-likeness (QED) is 0.260. The van der Waals surface area contributed by atoms with Crippen molar-refractivity contribution in [2.45, 2.75) is 20.0 Å². The lowest BCUT2D eigenvalue weighted by Gasteiger charge is -2.26. The fourth-order valence-electron chi connectivity index (χ4n) is 4.97. The third-order valence-corrected chi connectivity index (χ3v) is 7.56. The van der Waals surface area contributed by atoms with Crippen LogP contribution >= 0.6 is 11.6 Å².